The fraction of sp³-hybridized carbons (Fsp3) is 0.889. The average molecular weight is 187 g/mol. The summed E-state index contributed by atoms with van der Waals surface area (Å²) in [5.41, 5.74) is -0.622. The highest BCUT2D eigenvalue weighted by atomic mass is 16.5. The van der Waals surface area contributed by atoms with E-state index in [0.717, 1.165) is 12.8 Å². The zero-order chi connectivity index (χ0) is 9.90. The first kappa shape index (κ1) is 10.3. The first-order valence-corrected chi connectivity index (χ1v) is 4.60. The fourth-order valence-electron chi connectivity index (χ4n) is 1.58. The molecule has 1 rings (SSSR count). The summed E-state index contributed by atoms with van der Waals surface area (Å²) >= 11 is 0. The molecule has 0 bridgehead atoms. The summed E-state index contributed by atoms with van der Waals surface area (Å²) in [5, 5.41) is 9.75. The number of rotatable bonds is 0. The Hall–Kier alpha value is -0.770. The van der Waals surface area contributed by atoms with Crippen molar-refractivity contribution in [3.63, 3.8) is 0 Å². The molecular formula is C9H17NO3. The van der Waals surface area contributed by atoms with E-state index in [0.29, 0.717) is 19.5 Å². The zero-order valence-corrected chi connectivity index (χ0v) is 8.25. The van der Waals surface area contributed by atoms with Crippen LogP contribution in [-0.4, -0.2) is 41.9 Å². The van der Waals surface area contributed by atoms with Gasteiger partial charge < -0.3 is 14.7 Å². The Morgan fingerprint density at radius 3 is 2.77 bits per heavy atom. The first-order chi connectivity index (χ1) is 6.05. The zero-order valence-electron chi connectivity index (χ0n) is 8.25. The van der Waals surface area contributed by atoms with E-state index in [-0.39, 0.29) is 6.09 Å². The third-order valence-electron chi connectivity index (χ3n) is 2.50. The number of carbonyl (C=O) groups excluding carboxylic acids is 1. The summed E-state index contributed by atoms with van der Waals surface area (Å²) in [6.07, 6.45) is 1.92. The van der Waals surface area contributed by atoms with Crippen molar-refractivity contribution >= 4 is 6.09 Å². The van der Waals surface area contributed by atoms with E-state index in [1.165, 1.54) is 7.11 Å². The van der Waals surface area contributed by atoms with Crippen molar-refractivity contribution in [1.29, 1.82) is 0 Å². The van der Waals surface area contributed by atoms with Gasteiger partial charge in [-0.15, -0.1) is 0 Å². The number of hydrogen-bond acceptors (Lipinski definition) is 3. The maximum Gasteiger partial charge on any atom is 0.409 e. The predicted octanol–water partition coefficient (Wildman–Crippen LogP) is 0.990. The van der Waals surface area contributed by atoms with Gasteiger partial charge >= 0.3 is 6.09 Å². The fourth-order valence-corrected chi connectivity index (χ4v) is 1.58. The SMILES string of the molecule is COC(=O)N1CCCC(C)(O)CC1. The Morgan fingerprint density at radius 2 is 2.15 bits per heavy atom. The molecule has 1 aliphatic heterocycles. The summed E-state index contributed by atoms with van der Waals surface area (Å²) in [5.74, 6) is 0. The molecule has 76 valence electrons. The lowest BCUT2D eigenvalue weighted by Crippen LogP contribution is -2.33. The molecule has 1 atom stereocenters. The number of amides is 1. The lowest BCUT2D eigenvalue weighted by molar-refractivity contribution is 0.0444. The van der Waals surface area contributed by atoms with Crippen molar-refractivity contribution in [3.05, 3.63) is 0 Å². The van der Waals surface area contributed by atoms with Crippen molar-refractivity contribution in [2.45, 2.75) is 31.8 Å². The van der Waals surface area contributed by atoms with E-state index in [9.17, 15) is 9.90 Å². The van der Waals surface area contributed by atoms with Crippen LogP contribution in [0.1, 0.15) is 26.2 Å². The van der Waals surface area contributed by atoms with Gasteiger partial charge in [0, 0.05) is 13.1 Å². The lowest BCUT2D eigenvalue weighted by Gasteiger charge is -2.21. The topological polar surface area (TPSA) is 49.8 Å². The van der Waals surface area contributed by atoms with Crippen LogP contribution in [0.4, 0.5) is 4.79 Å². The van der Waals surface area contributed by atoms with Crippen molar-refractivity contribution in [1.82, 2.24) is 4.90 Å². The van der Waals surface area contributed by atoms with Gasteiger partial charge in [-0.2, -0.15) is 0 Å². The second-order valence-corrected chi connectivity index (χ2v) is 3.81. The number of carbonyl (C=O) groups is 1. The molecule has 0 radical (unpaired) electrons. The highest BCUT2D eigenvalue weighted by Crippen LogP contribution is 2.21. The summed E-state index contributed by atoms with van der Waals surface area (Å²) in [6, 6.07) is 0. The van der Waals surface area contributed by atoms with Crippen molar-refractivity contribution < 1.29 is 14.6 Å². The Bertz CT molecular complexity index is 191. The summed E-state index contributed by atoms with van der Waals surface area (Å²) in [7, 11) is 1.38. The van der Waals surface area contributed by atoms with Crippen LogP contribution in [0.5, 0.6) is 0 Å². The lowest BCUT2D eigenvalue weighted by atomic mass is 9.98. The third kappa shape index (κ3) is 2.88. The molecule has 0 aromatic rings. The number of ether oxygens (including phenoxy) is 1. The minimum atomic E-state index is -0.622. The van der Waals surface area contributed by atoms with Crippen LogP contribution in [-0.2, 0) is 4.74 Å². The van der Waals surface area contributed by atoms with Crippen molar-refractivity contribution in [2.24, 2.45) is 0 Å². The molecule has 0 aromatic carbocycles. The van der Waals surface area contributed by atoms with Gasteiger partial charge in [-0.1, -0.05) is 0 Å². The second-order valence-electron chi connectivity index (χ2n) is 3.81. The summed E-state index contributed by atoms with van der Waals surface area (Å²) < 4.78 is 4.62. The van der Waals surface area contributed by atoms with Crippen molar-refractivity contribution in [2.75, 3.05) is 20.2 Å². The van der Waals surface area contributed by atoms with Gasteiger partial charge in [0.15, 0.2) is 0 Å². The highest BCUT2D eigenvalue weighted by molar-refractivity contribution is 5.67. The van der Waals surface area contributed by atoms with E-state index in [4.69, 9.17) is 0 Å². The Kier molecular flexibility index (Phi) is 3.14. The van der Waals surface area contributed by atoms with Gasteiger partial charge in [-0.3, -0.25) is 0 Å². The predicted molar refractivity (Wildman–Crippen MR) is 48.5 cm³/mol. The third-order valence-corrected chi connectivity index (χ3v) is 2.50. The molecule has 0 spiro atoms. The van der Waals surface area contributed by atoms with Crippen LogP contribution in [0.15, 0.2) is 0 Å². The molecule has 1 aliphatic rings. The Morgan fingerprint density at radius 1 is 1.46 bits per heavy atom. The monoisotopic (exact) mass is 187 g/mol. The number of hydrogen-bond donors (Lipinski definition) is 1. The van der Waals surface area contributed by atoms with Crippen LogP contribution in [0.3, 0.4) is 0 Å². The second kappa shape index (κ2) is 3.96. The van der Waals surface area contributed by atoms with E-state index in [1.807, 2.05) is 6.92 Å². The minimum absolute atomic E-state index is 0.294. The normalized spacial score (nSPS) is 29.6. The molecule has 1 heterocycles. The number of aliphatic hydroxyl groups is 1. The number of methoxy groups -OCH3 is 1. The van der Waals surface area contributed by atoms with E-state index in [2.05, 4.69) is 4.74 Å². The summed E-state index contributed by atoms with van der Waals surface area (Å²) in [6.45, 7) is 3.08. The molecule has 1 amide bonds. The van der Waals surface area contributed by atoms with Crippen LogP contribution >= 0.6 is 0 Å². The van der Waals surface area contributed by atoms with Crippen LogP contribution in [0.2, 0.25) is 0 Å². The first-order valence-electron chi connectivity index (χ1n) is 4.60. The molecule has 1 N–H and O–H groups in total. The van der Waals surface area contributed by atoms with Gasteiger partial charge in [0.2, 0.25) is 0 Å². The van der Waals surface area contributed by atoms with Gasteiger partial charge in [0.25, 0.3) is 0 Å². The molecule has 13 heavy (non-hydrogen) atoms. The number of likely N-dealkylation sites (tertiary alicyclic amines) is 1. The molecule has 4 nitrogen and oxygen atoms in total. The quantitative estimate of drug-likeness (QED) is 0.615. The van der Waals surface area contributed by atoms with Gasteiger partial charge in [0.1, 0.15) is 0 Å². The standard InChI is InChI=1S/C9H17NO3/c1-9(12)4-3-6-10(7-5-9)8(11)13-2/h12H,3-7H2,1-2H3. The molecule has 1 saturated heterocycles. The Labute approximate surface area is 78.5 Å². The minimum Gasteiger partial charge on any atom is -0.453 e. The molecular weight excluding hydrogens is 170 g/mol. The molecule has 0 aliphatic carbocycles. The molecule has 0 aromatic heterocycles. The van der Waals surface area contributed by atoms with E-state index in [1.54, 1.807) is 4.90 Å². The van der Waals surface area contributed by atoms with Crippen molar-refractivity contribution in [3.8, 4) is 0 Å². The van der Waals surface area contributed by atoms with E-state index >= 15 is 0 Å². The van der Waals surface area contributed by atoms with Gasteiger partial charge in [-0.25, -0.2) is 4.79 Å². The molecule has 1 fully saturated rings. The van der Waals surface area contributed by atoms with Crippen LogP contribution in [0.25, 0.3) is 0 Å². The molecule has 0 saturated carbocycles. The molecule has 4 heteroatoms. The van der Waals surface area contributed by atoms with E-state index < -0.39 is 5.60 Å². The maximum atomic E-state index is 11.2. The summed E-state index contributed by atoms with van der Waals surface area (Å²) in [4.78, 5) is 12.8. The highest BCUT2D eigenvalue weighted by Gasteiger charge is 2.27. The van der Waals surface area contributed by atoms with Crippen LogP contribution < -0.4 is 0 Å². The maximum absolute atomic E-state index is 11.2. The van der Waals surface area contributed by atoms with Crippen LogP contribution in [0, 0.1) is 0 Å². The Balaban J connectivity index is 2.49. The molecule has 1 unspecified atom stereocenters. The number of nitrogens with zero attached hydrogens (tertiary/aromatic N) is 1. The van der Waals surface area contributed by atoms with Gasteiger partial charge in [0.05, 0.1) is 12.7 Å². The smallest absolute Gasteiger partial charge is 0.409 e. The largest absolute Gasteiger partial charge is 0.453 e. The van der Waals surface area contributed by atoms with Gasteiger partial charge in [-0.05, 0) is 26.2 Å². The average Bonchev–Trinajstić information content (AvgIpc) is 2.25.